The summed E-state index contributed by atoms with van der Waals surface area (Å²) in [4.78, 5) is 31.3. The Morgan fingerprint density at radius 3 is 2.55 bits per heavy atom. The van der Waals surface area contributed by atoms with Gasteiger partial charge in [0.15, 0.2) is 5.16 Å². The standard InChI is InChI=1S/C26H25N3O3S/c1-4-29-25(31)19-12-8-9-13-20(19)28-26(29)33-23(18-10-6-5-7-11-18)24(30)27-21-16-17(2)14-15-22(21)32-3/h5-16,23H,4H2,1-3H3,(H,27,30). The van der Waals surface area contributed by atoms with Gasteiger partial charge in [-0.15, -0.1) is 0 Å². The summed E-state index contributed by atoms with van der Waals surface area (Å²) < 4.78 is 7.04. The summed E-state index contributed by atoms with van der Waals surface area (Å²) in [6.07, 6.45) is 0. The molecule has 1 heterocycles. The van der Waals surface area contributed by atoms with E-state index in [1.807, 2.05) is 80.6 Å². The molecule has 7 heteroatoms. The number of carbonyl (C=O) groups is 1. The number of nitrogens with zero attached hydrogens (tertiary/aromatic N) is 2. The summed E-state index contributed by atoms with van der Waals surface area (Å²) in [6.45, 7) is 4.31. The van der Waals surface area contributed by atoms with Crippen LogP contribution in [0, 0.1) is 6.92 Å². The van der Waals surface area contributed by atoms with Crippen LogP contribution in [0.4, 0.5) is 5.69 Å². The Hall–Kier alpha value is -3.58. The van der Waals surface area contributed by atoms with Crippen LogP contribution in [-0.4, -0.2) is 22.6 Å². The summed E-state index contributed by atoms with van der Waals surface area (Å²) in [7, 11) is 1.57. The minimum absolute atomic E-state index is 0.113. The summed E-state index contributed by atoms with van der Waals surface area (Å²) in [5, 5.41) is 3.45. The van der Waals surface area contributed by atoms with Crippen LogP contribution in [0.1, 0.15) is 23.3 Å². The molecule has 6 nitrogen and oxygen atoms in total. The Balaban J connectivity index is 1.76. The van der Waals surface area contributed by atoms with E-state index in [1.54, 1.807) is 17.7 Å². The first-order valence-corrected chi connectivity index (χ1v) is 11.6. The zero-order chi connectivity index (χ0) is 23.4. The van der Waals surface area contributed by atoms with E-state index in [0.717, 1.165) is 11.1 Å². The molecule has 0 fully saturated rings. The number of rotatable bonds is 7. The maximum atomic E-state index is 13.5. The molecule has 0 bridgehead atoms. The highest BCUT2D eigenvalue weighted by molar-refractivity contribution is 8.00. The van der Waals surface area contributed by atoms with Crippen LogP contribution in [0.15, 0.2) is 82.7 Å². The third-order valence-corrected chi connectivity index (χ3v) is 6.56. The lowest BCUT2D eigenvalue weighted by atomic mass is 10.1. The molecule has 1 amide bonds. The van der Waals surface area contributed by atoms with Crippen molar-refractivity contribution in [2.75, 3.05) is 12.4 Å². The van der Waals surface area contributed by atoms with Gasteiger partial charge in [0.2, 0.25) is 5.91 Å². The van der Waals surface area contributed by atoms with Crippen LogP contribution in [0.5, 0.6) is 5.75 Å². The number of hydrogen-bond donors (Lipinski definition) is 1. The van der Waals surface area contributed by atoms with Gasteiger partial charge in [-0.2, -0.15) is 0 Å². The van der Waals surface area contributed by atoms with E-state index in [0.29, 0.717) is 34.0 Å². The number of amides is 1. The van der Waals surface area contributed by atoms with Gasteiger partial charge in [0, 0.05) is 6.54 Å². The Labute approximate surface area is 196 Å². The number of methoxy groups -OCH3 is 1. The molecule has 0 radical (unpaired) electrons. The summed E-state index contributed by atoms with van der Waals surface area (Å²) in [5.74, 6) is 0.361. The van der Waals surface area contributed by atoms with Crippen LogP contribution in [0.2, 0.25) is 0 Å². The molecule has 0 spiro atoms. The van der Waals surface area contributed by atoms with Crippen molar-refractivity contribution in [3.05, 3.63) is 94.3 Å². The SMILES string of the molecule is CCn1c(SC(C(=O)Nc2cc(C)ccc2OC)c2ccccc2)nc2ccccc2c1=O. The molecule has 3 aromatic carbocycles. The highest BCUT2D eigenvalue weighted by atomic mass is 32.2. The number of fused-ring (bicyclic) bond motifs is 1. The Morgan fingerprint density at radius 2 is 1.82 bits per heavy atom. The maximum Gasteiger partial charge on any atom is 0.262 e. The van der Waals surface area contributed by atoms with Crippen LogP contribution < -0.4 is 15.6 Å². The van der Waals surface area contributed by atoms with Crippen molar-refractivity contribution in [3.63, 3.8) is 0 Å². The number of anilines is 1. The van der Waals surface area contributed by atoms with Gasteiger partial charge in [0.05, 0.1) is 23.7 Å². The van der Waals surface area contributed by atoms with E-state index in [1.165, 1.54) is 11.8 Å². The fraction of sp³-hybridized carbons (Fsp3) is 0.192. The zero-order valence-electron chi connectivity index (χ0n) is 18.7. The van der Waals surface area contributed by atoms with Gasteiger partial charge >= 0.3 is 0 Å². The van der Waals surface area contributed by atoms with Crippen molar-refractivity contribution in [2.45, 2.75) is 30.8 Å². The summed E-state index contributed by atoms with van der Waals surface area (Å²) in [5.41, 5.74) is 2.92. The molecule has 0 aliphatic rings. The van der Waals surface area contributed by atoms with Crippen molar-refractivity contribution in [1.82, 2.24) is 9.55 Å². The average molecular weight is 460 g/mol. The quantitative estimate of drug-likeness (QED) is 0.304. The zero-order valence-corrected chi connectivity index (χ0v) is 19.6. The molecule has 168 valence electrons. The highest BCUT2D eigenvalue weighted by Crippen LogP contribution is 2.36. The van der Waals surface area contributed by atoms with Crippen LogP contribution in [0.3, 0.4) is 0 Å². The molecular formula is C26H25N3O3S. The van der Waals surface area contributed by atoms with Crippen molar-refractivity contribution >= 4 is 34.3 Å². The summed E-state index contributed by atoms with van der Waals surface area (Å²) >= 11 is 1.27. The molecule has 1 N–H and O–H groups in total. The number of hydrogen-bond acceptors (Lipinski definition) is 5. The van der Waals surface area contributed by atoms with Crippen LogP contribution >= 0.6 is 11.8 Å². The predicted octanol–water partition coefficient (Wildman–Crippen LogP) is 5.21. The topological polar surface area (TPSA) is 73.2 Å². The molecular weight excluding hydrogens is 434 g/mol. The van der Waals surface area contributed by atoms with Gasteiger partial charge in [-0.1, -0.05) is 60.3 Å². The number of thioether (sulfide) groups is 1. The molecule has 1 unspecified atom stereocenters. The Morgan fingerprint density at radius 1 is 1.09 bits per heavy atom. The van der Waals surface area contributed by atoms with Gasteiger partial charge < -0.3 is 10.1 Å². The number of aryl methyl sites for hydroxylation is 1. The molecule has 0 saturated carbocycles. The van der Waals surface area contributed by atoms with E-state index in [2.05, 4.69) is 5.32 Å². The van der Waals surface area contributed by atoms with Gasteiger partial charge in [-0.05, 0) is 49.2 Å². The van der Waals surface area contributed by atoms with Crippen molar-refractivity contribution < 1.29 is 9.53 Å². The molecule has 33 heavy (non-hydrogen) atoms. The van der Waals surface area contributed by atoms with Gasteiger partial charge in [0.25, 0.3) is 5.56 Å². The first-order valence-electron chi connectivity index (χ1n) is 10.7. The highest BCUT2D eigenvalue weighted by Gasteiger charge is 2.26. The third-order valence-electron chi connectivity index (χ3n) is 5.32. The lowest BCUT2D eigenvalue weighted by Crippen LogP contribution is -2.25. The molecule has 1 aromatic heterocycles. The van der Waals surface area contributed by atoms with E-state index < -0.39 is 5.25 Å². The number of nitrogens with one attached hydrogen (secondary N) is 1. The van der Waals surface area contributed by atoms with Crippen molar-refractivity contribution in [3.8, 4) is 5.75 Å². The van der Waals surface area contributed by atoms with E-state index in [4.69, 9.17) is 9.72 Å². The predicted molar refractivity (Wildman–Crippen MR) is 133 cm³/mol. The first kappa shape index (κ1) is 22.6. The summed E-state index contributed by atoms with van der Waals surface area (Å²) in [6, 6.07) is 22.4. The largest absolute Gasteiger partial charge is 0.495 e. The van der Waals surface area contributed by atoms with E-state index in [-0.39, 0.29) is 11.5 Å². The molecule has 0 aliphatic heterocycles. The molecule has 1 atom stereocenters. The Bertz CT molecular complexity index is 1350. The number of para-hydroxylation sites is 1. The fourth-order valence-electron chi connectivity index (χ4n) is 3.64. The van der Waals surface area contributed by atoms with Crippen LogP contribution in [-0.2, 0) is 11.3 Å². The van der Waals surface area contributed by atoms with E-state index in [9.17, 15) is 9.59 Å². The monoisotopic (exact) mass is 459 g/mol. The van der Waals surface area contributed by atoms with E-state index >= 15 is 0 Å². The maximum absolute atomic E-state index is 13.5. The average Bonchev–Trinajstić information content (AvgIpc) is 2.83. The first-order chi connectivity index (χ1) is 16.0. The second-order valence-electron chi connectivity index (χ2n) is 7.56. The molecule has 0 saturated heterocycles. The lowest BCUT2D eigenvalue weighted by molar-refractivity contribution is -0.115. The van der Waals surface area contributed by atoms with Gasteiger partial charge in [-0.3, -0.25) is 14.2 Å². The number of ether oxygens (including phenoxy) is 1. The number of benzene rings is 3. The normalized spacial score (nSPS) is 11.8. The second-order valence-corrected chi connectivity index (χ2v) is 8.63. The Kier molecular flexibility index (Phi) is 6.79. The number of carbonyl (C=O) groups excluding carboxylic acids is 1. The van der Waals surface area contributed by atoms with Gasteiger partial charge in [0.1, 0.15) is 11.0 Å². The van der Waals surface area contributed by atoms with Crippen LogP contribution in [0.25, 0.3) is 10.9 Å². The molecule has 4 aromatic rings. The smallest absolute Gasteiger partial charge is 0.262 e. The van der Waals surface area contributed by atoms with Gasteiger partial charge in [-0.25, -0.2) is 4.98 Å². The minimum Gasteiger partial charge on any atom is -0.495 e. The fourth-order valence-corrected chi connectivity index (χ4v) is 4.80. The van der Waals surface area contributed by atoms with Crippen molar-refractivity contribution in [1.29, 1.82) is 0 Å². The number of aromatic nitrogens is 2. The molecule has 0 aliphatic carbocycles. The lowest BCUT2D eigenvalue weighted by Gasteiger charge is -2.20. The minimum atomic E-state index is -0.623. The molecule has 4 rings (SSSR count). The van der Waals surface area contributed by atoms with Crippen molar-refractivity contribution in [2.24, 2.45) is 0 Å². The second kappa shape index (κ2) is 9.92. The third kappa shape index (κ3) is 4.78.